The molecule has 1 aromatic heterocycles. The second-order valence-corrected chi connectivity index (χ2v) is 6.75. The Morgan fingerprint density at radius 1 is 1.58 bits per heavy atom. The average molecular weight is 282 g/mol. The van der Waals surface area contributed by atoms with Gasteiger partial charge in [-0.2, -0.15) is 0 Å². The number of aromatic nitrogens is 1. The predicted octanol–water partition coefficient (Wildman–Crippen LogP) is 2.20. The van der Waals surface area contributed by atoms with Crippen molar-refractivity contribution in [1.29, 1.82) is 0 Å². The molecule has 0 radical (unpaired) electrons. The van der Waals surface area contributed by atoms with Gasteiger partial charge in [0.2, 0.25) is 5.91 Å². The van der Waals surface area contributed by atoms with E-state index < -0.39 is 0 Å². The fourth-order valence-corrected chi connectivity index (χ4v) is 2.14. The average Bonchev–Trinajstić information content (AvgIpc) is 2.82. The quantitative estimate of drug-likeness (QED) is 0.814. The summed E-state index contributed by atoms with van der Waals surface area (Å²) in [4.78, 5) is 16.9. The maximum Gasteiger partial charge on any atom is 0.244 e. The summed E-state index contributed by atoms with van der Waals surface area (Å²) < 4.78 is 0. The number of aliphatic hydroxyl groups is 1. The molecule has 0 saturated carbocycles. The number of thiazole rings is 1. The van der Waals surface area contributed by atoms with Crippen LogP contribution >= 0.6 is 11.3 Å². The zero-order chi connectivity index (χ0) is 14.5. The highest BCUT2D eigenvalue weighted by molar-refractivity contribution is 7.12. The Bertz CT molecular complexity index is 447. The van der Waals surface area contributed by atoms with Crippen LogP contribution in [-0.2, 0) is 10.2 Å². The molecule has 2 N–H and O–H groups in total. The molecule has 0 aliphatic rings. The van der Waals surface area contributed by atoms with Crippen LogP contribution in [0.15, 0.2) is 12.3 Å². The van der Waals surface area contributed by atoms with E-state index >= 15 is 0 Å². The van der Waals surface area contributed by atoms with Gasteiger partial charge in [0, 0.05) is 35.7 Å². The van der Waals surface area contributed by atoms with Gasteiger partial charge >= 0.3 is 0 Å². The van der Waals surface area contributed by atoms with E-state index in [1.165, 1.54) is 6.08 Å². The first kappa shape index (κ1) is 15.9. The highest BCUT2D eigenvalue weighted by Gasteiger charge is 2.17. The van der Waals surface area contributed by atoms with Crippen molar-refractivity contribution in [3.8, 4) is 0 Å². The Hall–Kier alpha value is -1.20. The molecule has 0 saturated heterocycles. The molecule has 0 aliphatic carbocycles. The molecule has 1 atom stereocenters. The minimum absolute atomic E-state index is 0.0373. The minimum atomic E-state index is -0.147. The van der Waals surface area contributed by atoms with Gasteiger partial charge in [0.1, 0.15) is 0 Å². The lowest BCUT2D eigenvalue weighted by Crippen LogP contribution is -2.27. The Morgan fingerprint density at radius 2 is 2.26 bits per heavy atom. The Labute approximate surface area is 118 Å². The number of hydrogen-bond donors (Lipinski definition) is 2. The van der Waals surface area contributed by atoms with Crippen molar-refractivity contribution >= 4 is 23.3 Å². The number of amides is 1. The number of nitrogens with zero attached hydrogens (tertiary/aromatic N) is 1. The summed E-state index contributed by atoms with van der Waals surface area (Å²) in [6.07, 6.45) is 5.06. The largest absolute Gasteiger partial charge is 0.396 e. The topological polar surface area (TPSA) is 62.2 Å². The summed E-state index contributed by atoms with van der Waals surface area (Å²) in [5, 5.41) is 12.7. The lowest BCUT2D eigenvalue weighted by molar-refractivity contribution is -0.116. The summed E-state index contributed by atoms with van der Waals surface area (Å²) in [5.41, 5.74) is 0.0373. The summed E-state index contributed by atoms with van der Waals surface area (Å²) >= 11 is 1.59. The van der Waals surface area contributed by atoms with Gasteiger partial charge in [0.15, 0.2) is 0 Å². The molecule has 0 spiro atoms. The number of hydrogen-bond acceptors (Lipinski definition) is 4. The minimum Gasteiger partial charge on any atom is -0.396 e. The highest BCUT2D eigenvalue weighted by atomic mass is 32.1. The molecule has 0 aliphatic heterocycles. The van der Waals surface area contributed by atoms with Crippen molar-refractivity contribution in [2.24, 2.45) is 5.92 Å². The van der Waals surface area contributed by atoms with Gasteiger partial charge in [0.25, 0.3) is 0 Å². The molecule has 106 valence electrons. The van der Waals surface area contributed by atoms with Gasteiger partial charge in [-0.1, -0.05) is 27.7 Å². The van der Waals surface area contributed by atoms with Crippen molar-refractivity contribution in [2.75, 3.05) is 13.2 Å². The molecule has 1 aromatic rings. The molecular weight excluding hydrogens is 260 g/mol. The van der Waals surface area contributed by atoms with Crippen LogP contribution in [0.25, 0.3) is 6.08 Å². The summed E-state index contributed by atoms with van der Waals surface area (Å²) in [6.45, 7) is 8.78. The van der Waals surface area contributed by atoms with Crippen LogP contribution in [0.2, 0.25) is 0 Å². The van der Waals surface area contributed by atoms with Crippen LogP contribution < -0.4 is 5.32 Å². The normalized spacial score (nSPS) is 13.7. The molecule has 4 nitrogen and oxygen atoms in total. The van der Waals surface area contributed by atoms with Crippen LogP contribution in [0.5, 0.6) is 0 Å². The molecular formula is C14H22N2O2S. The van der Waals surface area contributed by atoms with E-state index in [0.29, 0.717) is 6.54 Å². The van der Waals surface area contributed by atoms with Crippen LogP contribution in [0, 0.1) is 5.92 Å². The molecule has 19 heavy (non-hydrogen) atoms. The number of aliphatic hydroxyl groups excluding tert-OH is 1. The summed E-state index contributed by atoms with van der Waals surface area (Å²) in [5.74, 6) is -0.0701. The molecule has 1 rings (SSSR count). The molecule has 1 amide bonds. The van der Waals surface area contributed by atoms with E-state index in [4.69, 9.17) is 5.11 Å². The van der Waals surface area contributed by atoms with Crippen LogP contribution in [-0.4, -0.2) is 29.1 Å². The van der Waals surface area contributed by atoms with Gasteiger partial charge in [-0.25, -0.2) is 4.98 Å². The second-order valence-electron chi connectivity index (χ2n) is 5.68. The highest BCUT2D eigenvalue weighted by Crippen LogP contribution is 2.27. The van der Waals surface area contributed by atoms with Gasteiger partial charge in [0.05, 0.1) is 5.01 Å². The lowest BCUT2D eigenvalue weighted by atomic mass is 9.98. The first-order valence-electron chi connectivity index (χ1n) is 6.36. The van der Waals surface area contributed by atoms with Gasteiger partial charge in [-0.3, -0.25) is 4.79 Å². The maximum atomic E-state index is 11.5. The zero-order valence-corrected chi connectivity index (χ0v) is 12.8. The van der Waals surface area contributed by atoms with Crippen molar-refractivity contribution in [3.63, 3.8) is 0 Å². The lowest BCUT2D eigenvalue weighted by Gasteiger charge is -2.13. The number of nitrogens with one attached hydrogen (secondary N) is 1. The second kappa shape index (κ2) is 6.82. The monoisotopic (exact) mass is 282 g/mol. The number of rotatable bonds is 5. The first-order valence-corrected chi connectivity index (χ1v) is 7.17. The Kier molecular flexibility index (Phi) is 5.69. The maximum absolute atomic E-state index is 11.5. The third-order valence-electron chi connectivity index (χ3n) is 2.50. The first-order chi connectivity index (χ1) is 8.82. The van der Waals surface area contributed by atoms with Crippen molar-refractivity contribution in [1.82, 2.24) is 10.3 Å². The Balaban J connectivity index is 2.52. The summed E-state index contributed by atoms with van der Waals surface area (Å²) in [6, 6.07) is 0. The standard InChI is InChI=1S/C14H22N2O2S/c1-10(9-17)7-15-12(18)6-5-11-8-16-13(19-11)14(2,3)4/h5-6,8,10,17H,7,9H2,1-4H3,(H,15,18)/b6-5+. The van der Waals surface area contributed by atoms with E-state index in [1.54, 1.807) is 23.6 Å². The number of carbonyl (C=O) groups excluding carboxylic acids is 1. The molecule has 0 bridgehead atoms. The van der Waals surface area contributed by atoms with Crippen LogP contribution in [0.4, 0.5) is 0 Å². The van der Waals surface area contributed by atoms with Gasteiger partial charge in [-0.15, -0.1) is 11.3 Å². The van der Waals surface area contributed by atoms with E-state index in [0.717, 1.165) is 9.88 Å². The SMILES string of the molecule is CC(CO)CNC(=O)/C=C/c1cnc(C(C)(C)C)s1. The van der Waals surface area contributed by atoms with Gasteiger partial charge in [-0.05, 0) is 12.0 Å². The Morgan fingerprint density at radius 3 is 2.79 bits per heavy atom. The molecule has 0 fully saturated rings. The molecule has 5 heteroatoms. The van der Waals surface area contributed by atoms with Crippen molar-refractivity contribution < 1.29 is 9.90 Å². The fourth-order valence-electron chi connectivity index (χ4n) is 1.27. The third kappa shape index (κ3) is 5.53. The van der Waals surface area contributed by atoms with E-state index in [9.17, 15) is 4.79 Å². The predicted molar refractivity (Wildman–Crippen MR) is 79.1 cm³/mol. The molecule has 1 heterocycles. The molecule has 1 unspecified atom stereocenters. The van der Waals surface area contributed by atoms with Gasteiger partial charge < -0.3 is 10.4 Å². The molecule has 0 aromatic carbocycles. The van der Waals surface area contributed by atoms with Crippen LogP contribution in [0.3, 0.4) is 0 Å². The van der Waals surface area contributed by atoms with Crippen molar-refractivity contribution in [3.05, 3.63) is 22.2 Å². The van der Waals surface area contributed by atoms with Crippen LogP contribution in [0.1, 0.15) is 37.6 Å². The van der Waals surface area contributed by atoms with E-state index in [2.05, 4.69) is 31.1 Å². The summed E-state index contributed by atoms with van der Waals surface area (Å²) in [7, 11) is 0. The number of carbonyl (C=O) groups is 1. The fraction of sp³-hybridized carbons (Fsp3) is 0.571. The van der Waals surface area contributed by atoms with E-state index in [1.807, 2.05) is 6.92 Å². The van der Waals surface area contributed by atoms with E-state index in [-0.39, 0.29) is 23.8 Å². The van der Waals surface area contributed by atoms with Crippen molar-refractivity contribution in [2.45, 2.75) is 33.1 Å². The zero-order valence-electron chi connectivity index (χ0n) is 11.9. The smallest absolute Gasteiger partial charge is 0.244 e. The third-order valence-corrected chi connectivity index (χ3v) is 3.89.